The quantitative estimate of drug-likeness (QED) is 0.752. The molecule has 0 aliphatic heterocycles. The fraction of sp³-hybridized carbons (Fsp3) is 0.421. The third-order valence-corrected chi connectivity index (χ3v) is 3.79. The first kappa shape index (κ1) is 19.7. The van der Waals surface area contributed by atoms with Crippen molar-refractivity contribution in [2.24, 2.45) is 0 Å². The van der Waals surface area contributed by atoms with Crippen LogP contribution in [0.25, 0.3) is 0 Å². The van der Waals surface area contributed by atoms with Gasteiger partial charge in [0.1, 0.15) is 11.6 Å². The molecule has 2 N–H and O–H groups in total. The van der Waals surface area contributed by atoms with Gasteiger partial charge in [-0.05, 0) is 19.1 Å². The minimum Gasteiger partial charge on any atom is -0.495 e. The Hall–Kier alpha value is -2.67. The van der Waals surface area contributed by atoms with Gasteiger partial charge in [-0.25, -0.2) is 4.98 Å². The van der Waals surface area contributed by atoms with Gasteiger partial charge in [-0.1, -0.05) is 26.0 Å². The van der Waals surface area contributed by atoms with E-state index in [1.165, 1.54) is 0 Å². The molecule has 1 aromatic heterocycles. The Bertz CT molecular complexity index is 762. The summed E-state index contributed by atoms with van der Waals surface area (Å²) in [6.45, 7) is 5.57. The minimum atomic E-state index is -0.327. The Morgan fingerprint density at radius 3 is 2.65 bits per heavy atom. The molecule has 0 aliphatic carbocycles. The fourth-order valence-electron chi connectivity index (χ4n) is 2.44. The van der Waals surface area contributed by atoms with Gasteiger partial charge in [0.05, 0.1) is 12.8 Å². The van der Waals surface area contributed by atoms with Crippen molar-refractivity contribution in [3.8, 4) is 11.6 Å². The molecular formula is C19H25N3O4. The Balaban J connectivity index is 2.13. The molecular weight excluding hydrogens is 334 g/mol. The number of aryl methyl sites for hydroxylation is 1. The summed E-state index contributed by atoms with van der Waals surface area (Å²) in [5.74, 6) is 1.35. The Kier molecular flexibility index (Phi) is 6.91. The van der Waals surface area contributed by atoms with Crippen LogP contribution in [0.5, 0.6) is 11.6 Å². The number of aliphatic hydroxyl groups is 1. The number of para-hydroxylation sites is 2. The maximum absolute atomic E-state index is 12.2. The lowest BCUT2D eigenvalue weighted by Crippen LogP contribution is -2.22. The van der Waals surface area contributed by atoms with Crippen LogP contribution in [0.4, 0.5) is 5.69 Å². The van der Waals surface area contributed by atoms with Gasteiger partial charge in [-0.15, -0.1) is 0 Å². The van der Waals surface area contributed by atoms with Crippen LogP contribution in [-0.4, -0.2) is 41.3 Å². The number of carbonyl (C=O) groups excluding carboxylic acids is 1. The third-order valence-electron chi connectivity index (χ3n) is 3.79. The number of hydrogen-bond acceptors (Lipinski definition) is 6. The number of amides is 1. The molecule has 1 heterocycles. The van der Waals surface area contributed by atoms with Crippen LogP contribution >= 0.6 is 0 Å². The molecule has 0 atom stereocenters. The topological polar surface area (TPSA) is 93.6 Å². The second-order valence-corrected chi connectivity index (χ2v) is 6.12. The van der Waals surface area contributed by atoms with Gasteiger partial charge >= 0.3 is 0 Å². The summed E-state index contributed by atoms with van der Waals surface area (Å²) in [6, 6.07) is 7.14. The SMILES string of the molecule is COc1ccccc1NC(=O)COc1nc(C(C)C)nc(C)c1CCO. The predicted octanol–water partition coefficient (Wildman–Crippen LogP) is 2.47. The van der Waals surface area contributed by atoms with Crippen LogP contribution < -0.4 is 14.8 Å². The number of ether oxygens (including phenoxy) is 2. The zero-order valence-electron chi connectivity index (χ0n) is 15.6. The summed E-state index contributed by atoms with van der Waals surface area (Å²) in [5, 5.41) is 12.0. The second kappa shape index (κ2) is 9.15. The van der Waals surface area contributed by atoms with Gasteiger partial charge in [0.25, 0.3) is 5.91 Å². The number of nitrogens with one attached hydrogen (secondary N) is 1. The summed E-state index contributed by atoms with van der Waals surface area (Å²) in [6.07, 6.45) is 0.369. The smallest absolute Gasteiger partial charge is 0.262 e. The highest BCUT2D eigenvalue weighted by molar-refractivity contribution is 5.93. The minimum absolute atomic E-state index is 0.0466. The van der Waals surface area contributed by atoms with Crippen LogP contribution in [-0.2, 0) is 11.2 Å². The molecule has 7 nitrogen and oxygen atoms in total. The number of aliphatic hydroxyl groups excluding tert-OH is 1. The van der Waals surface area contributed by atoms with Crippen LogP contribution in [0.2, 0.25) is 0 Å². The van der Waals surface area contributed by atoms with E-state index >= 15 is 0 Å². The summed E-state index contributed by atoms with van der Waals surface area (Å²) in [5.41, 5.74) is 2.03. The lowest BCUT2D eigenvalue weighted by atomic mass is 10.1. The number of carbonyl (C=O) groups is 1. The summed E-state index contributed by atoms with van der Waals surface area (Å²) >= 11 is 0. The predicted molar refractivity (Wildman–Crippen MR) is 98.8 cm³/mol. The highest BCUT2D eigenvalue weighted by Gasteiger charge is 2.16. The number of anilines is 1. The first-order valence-corrected chi connectivity index (χ1v) is 8.50. The van der Waals surface area contributed by atoms with Crippen LogP contribution in [0.3, 0.4) is 0 Å². The van der Waals surface area contributed by atoms with E-state index in [1.54, 1.807) is 25.3 Å². The third kappa shape index (κ3) is 4.92. The zero-order valence-corrected chi connectivity index (χ0v) is 15.6. The van der Waals surface area contributed by atoms with Gasteiger partial charge in [-0.3, -0.25) is 4.79 Å². The first-order chi connectivity index (χ1) is 12.5. The van der Waals surface area contributed by atoms with E-state index < -0.39 is 0 Å². The van der Waals surface area contributed by atoms with Gasteiger partial charge in [0.15, 0.2) is 6.61 Å². The van der Waals surface area contributed by atoms with Gasteiger partial charge in [0.2, 0.25) is 5.88 Å². The number of aromatic nitrogens is 2. The van der Waals surface area contributed by atoms with Crippen LogP contribution in [0.1, 0.15) is 36.8 Å². The van der Waals surface area contributed by atoms with E-state index in [0.29, 0.717) is 35.1 Å². The monoisotopic (exact) mass is 359 g/mol. The number of methoxy groups -OCH3 is 1. The lowest BCUT2D eigenvalue weighted by Gasteiger charge is -2.15. The molecule has 7 heteroatoms. The molecule has 1 amide bonds. The number of rotatable bonds is 8. The van der Waals surface area contributed by atoms with Gasteiger partial charge < -0.3 is 19.9 Å². The molecule has 0 spiro atoms. The summed E-state index contributed by atoms with van der Waals surface area (Å²) in [4.78, 5) is 21.1. The van der Waals surface area contributed by atoms with Crippen LogP contribution in [0.15, 0.2) is 24.3 Å². The van der Waals surface area contributed by atoms with Crippen molar-refractivity contribution in [2.45, 2.75) is 33.1 Å². The van der Waals surface area contributed by atoms with Crippen molar-refractivity contribution in [3.05, 3.63) is 41.3 Å². The average molecular weight is 359 g/mol. The van der Waals surface area contributed by atoms with Crippen molar-refractivity contribution in [1.29, 1.82) is 0 Å². The molecule has 1 aromatic carbocycles. The standard InChI is InChI=1S/C19H25N3O4/c1-12(2)18-20-13(3)14(9-10-23)19(22-18)26-11-17(24)21-15-7-5-6-8-16(15)25-4/h5-8,12,23H,9-11H2,1-4H3,(H,21,24). The molecule has 0 fully saturated rings. The largest absolute Gasteiger partial charge is 0.495 e. The molecule has 26 heavy (non-hydrogen) atoms. The Labute approximate surface area is 153 Å². The number of hydrogen-bond donors (Lipinski definition) is 2. The number of nitrogens with zero attached hydrogens (tertiary/aromatic N) is 2. The number of benzene rings is 1. The fourth-order valence-corrected chi connectivity index (χ4v) is 2.44. The first-order valence-electron chi connectivity index (χ1n) is 8.50. The molecule has 0 radical (unpaired) electrons. The Morgan fingerprint density at radius 1 is 1.27 bits per heavy atom. The van der Waals surface area contributed by atoms with Crippen molar-refractivity contribution < 1.29 is 19.4 Å². The molecule has 0 aliphatic rings. The molecule has 0 saturated heterocycles. The van der Waals surface area contributed by atoms with E-state index in [0.717, 1.165) is 5.69 Å². The van der Waals surface area contributed by atoms with Crippen LogP contribution in [0, 0.1) is 6.92 Å². The summed E-state index contributed by atoms with van der Waals surface area (Å²) < 4.78 is 10.9. The van der Waals surface area contributed by atoms with E-state index in [4.69, 9.17) is 9.47 Å². The highest BCUT2D eigenvalue weighted by atomic mass is 16.5. The second-order valence-electron chi connectivity index (χ2n) is 6.12. The van der Waals surface area contributed by atoms with E-state index in [9.17, 15) is 9.90 Å². The van der Waals surface area contributed by atoms with Gasteiger partial charge in [0, 0.05) is 30.2 Å². The molecule has 0 saturated carbocycles. The normalized spacial score (nSPS) is 10.7. The lowest BCUT2D eigenvalue weighted by molar-refractivity contribution is -0.118. The molecule has 0 bridgehead atoms. The van der Waals surface area contributed by atoms with E-state index in [2.05, 4.69) is 15.3 Å². The molecule has 0 unspecified atom stereocenters. The van der Waals surface area contributed by atoms with E-state index in [1.807, 2.05) is 26.8 Å². The molecule has 140 valence electrons. The maximum atomic E-state index is 12.2. The van der Waals surface area contributed by atoms with Crippen molar-refractivity contribution in [1.82, 2.24) is 9.97 Å². The summed E-state index contributed by atoms with van der Waals surface area (Å²) in [7, 11) is 1.54. The molecule has 2 rings (SSSR count). The highest BCUT2D eigenvalue weighted by Crippen LogP contribution is 2.24. The van der Waals surface area contributed by atoms with Gasteiger partial charge in [-0.2, -0.15) is 4.98 Å². The average Bonchev–Trinajstić information content (AvgIpc) is 2.62. The van der Waals surface area contributed by atoms with E-state index in [-0.39, 0.29) is 25.0 Å². The molecule has 2 aromatic rings. The zero-order chi connectivity index (χ0) is 19.1. The maximum Gasteiger partial charge on any atom is 0.262 e. The van der Waals surface area contributed by atoms with Crippen molar-refractivity contribution in [3.63, 3.8) is 0 Å². The van der Waals surface area contributed by atoms with Crippen molar-refractivity contribution >= 4 is 11.6 Å². The Morgan fingerprint density at radius 2 is 2.00 bits per heavy atom. The van der Waals surface area contributed by atoms with Crippen molar-refractivity contribution in [2.75, 3.05) is 25.6 Å².